The summed E-state index contributed by atoms with van der Waals surface area (Å²) in [6, 6.07) is 7.37. The molecule has 1 N–H and O–H groups in total. The van der Waals surface area contributed by atoms with Crippen molar-refractivity contribution in [1.82, 2.24) is 0 Å². The van der Waals surface area contributed by atoms with Crippen LogP contribution in [0.4, 0.5) is 5.69 Å². The van der Waals surface area contributed by atoms with E-state index in [0.29, 0.717) is 12.2 Å². The lowest BCUT2D eigenvalue weighted by Gasteiger charge is -2.16. The maximum absolute atomic E-state index is 10.8. The van der Waals surface area contributed by atoms with Crippen LogP contribution in [0.1, 0.15) is 13.3 Å². The molecule has 0 aliphatic carbocycles. The topological polar surface area (TPSA) is 49.8 Å². The predicted molar refractivity (Wildman–Crippen MR) is 63.1 cm³/mol. The van der Waals surface area contributed by atoms with E-state index in [4.69, 9.17) is 9.84 Å². The molecule has 0 saturated carbocycles. The molecule has 1 aromatic carbocycles. The Bertz CT molecular complexity index is 363. The van der Waals surface area contributed by atoms with Crippen LogP contribution in [-0.4, -0.2) is 31.3 Å². The Labute approximate surface area is 95.5 Å². The molecule has 0 bridgehead atoms. The van der Waals surface area contributed by atoms with Gasteiger partial charge in [-0.25, -0.2) is 4.79 Å². The minimum atomic E-state index is -0.933. The number of carboxylic acid groups (broad SMARTS) is 1. The fourth-order valence-corrected chi connectivity index (χ4v) is 1.31. The molecule has 0 aromatic heterocycles. The van der Waals surface area contributed by atoms with Crippen molar-refractivity contribution in [3.63, 3.8) is 0 Å². The molecule has 0 aliphatic heterocycles. The average Bonchev–Trinajstić information content (AvgIpc) is 2.25. The summed E-state index contributed by atoms with van der Waals surface area (Å²) in [7, 11) is 3.85. The van der Waals surface area contributed by atoms with Gasteiger partial charge < -0.3 is 14.7 Å². The van der Waals surface area contributed by atoms with Crippen molar-refractivity contribution in [2.45, 2.75) is 19.4 Å². The van der Waals surface area contributed by atoms with Crippen LogP contribution in [0.15, 0.2) is 24.3 Å². The maximum Gasteiger partial charge on any atom is 0.344 e. The van der Waals surface area contributed by atoms with E-state index in [-0.39, 0.29) is 0 Å². The first-order valence-corrected chi connectivity index (χ1v) is 5.21. The number of carboxylic acids is 1. The second kappa shape index (κ2) is 5.39. The van der Waals surface area contributed by atoms with E-state index >= 15 is 0 Å². The zero-order valence-corrected chi connectivity index (χ0v) is 9.80. The Morgan fingerprint density at radius 3 is 2.69 bits per heavy atom. The van der Waals surface area contributed by atoms with Crippen LogP contribution in [-0.2, 0) is 4.79 Å². The number of nitrogens with zero attached hydrogens (tertiary/aromatic N) is 1. The van der Waals surface area contributed by atoms with Crippen LogP contribution >= 0.6 is 0 Å². The highest BCUT2D eigenvalue weighted by Crippen LogP contribution is 2.20. The van der Waals surface area contributed by atoms with Gasteiger partial charge in [-0.3, -0.25) is 0 Å². The summed E-state index contributed by atoms with van der Waals surface area (Å²) in [5, 5.41) is 8.88. The first-order valence-electron chi connectivity index (χ1n) is 5.21. The number of anilines is 1. The Morgan fingerprint density at radius 1 is 1.50 bits per heavy atom. The van der Waals surface area contributed by atoms with Crippen LogP contribution in [0.3, 0.4) is 0 Å². The molecule has 0 unspecified atom stereocenters. The van der Waals surface area contributed by atoms with E-state index in [1.165, 1.54) is 0 Å². The van der Waals surface area contributed by atoms with Gasteiger partial charge in [0.05, 0.1) is 0 Å². The monoisotopic (exact) mass is 223 g/mol. The van der Waals surface area contributed by atoms with Crippen LogP contribution in [0.25, 0.3) is 0 Å². The lowest BCUT2D eigenvalue weighted by Crippen LogP contribution is -2.26. The van der Waals surface area contributed by atoms with Crippen molar-refractivity contribution >= 4 is 11.7 Å². The third-order valence-corrected chi connectivity index (χ3v) is 2.26. The SMILES string of the molecule is CC[C@H](Oc1cccc(N(C)C)c1)C(=O)O. The summed E-state index contributed by atoms with van der Waals surface area (Å²) >= 11 is 0. The molecule has 88 valence electrons. The first-order chi connectivity index (χ1) is 7.54. The highest BCUT2D eigenvalue weighted by Gasteiger charge is 2.16. The highest BCUT2D eigenvalue weighted by molar-refractivity contribution is 5.72. The van der Waals surface area contributed by atoms with Crippen LogP contribution < -0.4 is 9.64 Å². The first kappa shape index (κ1) is 12.4. The fraction of sp³-hybridized carbons (Fsp3) is 0.417. The quantitative estimate of drug-likeness (QED) is 0.829. The number of hydrogen-bond acceptors (Lipinski definition) is 3. The molecular weight excluding hydrogens is 206 g/mol. The third-order valence-electron chi connectivity index (χ3n) is 2.26. The van der Waals surface area contributed by atoms with Gasteiger partial charge >= 0.3 is 5.97 Å². The van der Waals surface area contributed by atoms with E-state index in [0.717, 1.165) is 5.69 Å². The minimum Gasteiger partial charge on any atom is -0.479 e. The Balaban J connectivity index is 2.80. The molecule has 0 saturated heterocycles. The molecule has 1 atom stereocenters. The summed E-state index contributed by atoms with van der Waals surface area (Å²) in [6.45, 7) is 1.79. The number of rotatable bonds is 5. The number of hydrogen-bond donors (Lipinski definition) is 1. The van der Waals surface area contributed by atoms with Gasteiger partial charge in [-0.05, 0) is 18.6 Å². The van der Waals surface area contributed by atoms with Gasteiger partial charge in [-0.1, -0.05) is 13.0 Å². The Morgan fingerprint density at radius 2 is 2.19 bits per heavy atom. The van der Waals surface area contributed by atoms with Crippen molar-refractivity contribution in [2.75, 3.05) is 19.0 Å². The molecule has 0 aliphatic rings. The summed E-state index contributed by atoms with van der Waals surface area (Å²) in [5.41, 5.74) is 0.984. The van der Waals surface area contributed by atoms with Gasteiger partial charge in [0, 0.05) is 25.8 Å². The van der Waals surface area contributed by atoms with E-state index < -0.39 is 12.1 Å². The summed E-state index contributed by atoms with van der Waals surface area (Å²) in [4.78, 5) is 12.8. The average molecular weight is 223 g/mol. The van der Waals surface area contributed by atoms with Crippen molar-refractivity contribution < 1.29 is 14.6 Å². The maximum atomic E-state index is 10.8. The smallest absolute Gasteiger partial charge is 0.344 e. The molecule has 0 radical (unpaired) electrons. The Kier molecular flexibility index (Phi) is 4.17. The molecule has 0 amide bonds. The highest BCUT2D eigenvalue weighted by atomic mass is 16.5. The number of aliphatic carboxylic acids is 1. The second-order valence-corrected chi connectivity index (χ2v) is 3.74. The molecule has 1 aromatic rings. The van der Waals surface area contributed by atoms with E-state index in [1.807, 2.05) is 37.2 Å². The Hall–Kier alpha value is -1.71. The van der Waals surface area contributed by atoms with Crippen LogP contribution in [0.2, 0.25) is 0 Å². The molecular formula is C12H17NO3. The van der Waals surface area contributed by atoms with Gasteiger partial charge in [0.2, 0.25) is 0 Å². The number of benzene rings is 1. The van der Waals surface area contributed by atoms with Gasteiger partial charge in [0.15, 0.2) is 6.10 Å². The largest absolute Gasteiger partial charge is 0.479 e. The van der Waals surface area contributed by atoms with Crippen molar-refractivity contribution in [3.8, 4) is 5.75 Å². The minimum absolute atomic E-state index is 0.446. The number of carbonyl (C=O) groups is 1. The predicted octanol–water partition coefficient (Wildman–Crippen LogP) is 1.99. The molecule has 0 heterocycles. The number of ether oxygens (including phenoxy) is 1. The normalized spacial score (nSPS) is 11.9. The second-order valence-electron chi connectivity index (χ2n) is 3.74. The standard InChI is InChI=1S/C12H17NO3/c1-4-11(12(14)15)16-10-7-5-6-9(8-10)13(2)3/h5-8,11H,4H2,1-3H3,(H,14,15)/t11-/m0/s1. The van der Waals surface area contributed by atoms with Crippen molar-refractivity contribution in [1.29, 1.82) is 0 Å². The molecule has 1 rings (SSSR count). The molecule has 0 spiro atoms. The molecule has 0 fully saturated rings. The molecule has 4 nitrogen and oxygen atoms in total. The lowest BCUT2D eigenvalue weighted by molar-refractivity contribution is -0.145. The lowest BCUT2D eigenvalue weighted by atomic mass is 10.2. The zero-order chi connectivity index (χ0) is 12.1. The van der Waals surface area contributed by atoms with Gasteiger partial charge in [-0.2, -0.15) is 0 Å². The summed E-state index contributed by atoms with van der Waals surface area (Å²) in [6.07, 6.45) is -0.334. The summed E-state index contributed by atoms with van der Waals surface area (Å²) < 4.78 is 5.39. The van der Waals surface area contributed by atoms with Crippen LogP contribution in [0.5, 0.6) is 5.75 Å². The third kappa shape index (κ3) is 3.15. The van der Waals surface area contributed by atoms with Gasteiger partial charge in [0.1, 0.15) is 5.75 Å². The van der Waals surface area contributed by atoms with Gasteiger partial charge in [0.25, 0.3) is 0 Å². The van der Waals surface area contributed by atoms with Crippen molar-refractivity contribution in [2.24, 2.45) is 0 Å². The summed E-state index contributed by atoms with van der Waals surface area (Å²) in [5.74, 6) is -0.349. The van der Waals surface area contributed by atoms with Gasteiger partial charge in [-0.15, -0.1) is 0 Å². The molecule has 16 heavy (non-hydrogen) atoms. The van der Waals surface area contributed by atoms with E-state index in [1.54, 1.807) is 13.0 Å². The van der Waals surface area contributed by atoms with E-state index in [9.17, 15) is 4.79 Å². The molecule has 4 heteroatoms. The van der Waals surface area contributed by atoms with E-state index in [2.05, 4.69) is 0 Å². The zero-order valence-electron chi connectivity index (χ0n) is 9.80. The fourth-order valence-electron chi connectivity index (χ4n) is 1.31. The van der Waals surface area contributed by atoms with Crippen LogP contribution in [0, 0.1) is 0 Å². The van der Waals surface area contributed by atoms with Crippen molar-refractivity contribution in [3.05, 3.63) is 24.3 Å².